The Morgan fingerprint density at radius 1 is 1.29 bits per heavy atom. The fourth-order valence-corrected chi connectivity index (χ4v) is 2.70. The first-order valence-corrected chi connectivity index (χ1v) is 6.81. The molecule has 1 aliphatic carbocycles. The van der Waals surface area contributed by atoms with Crippen LogP contribution in [0.25, 0.3) is 0 Å². The number of hydrogen-bond acceptors (Lipinski definition) is 4. The number of ether oxygens (including phenoxy) is 2. The fourth-order valence-electron chi connectivity index (χ4n) is 2.70. The van der Waals surface area contributed by atoms with Gasteiger partial charge in [0.05, 0.1) is 0 Å². The van der Waals surface area contributed by atoms with Gasteiger partial charge in [-0.2, -0.15) is 0 Å². The first kappa shape index (κ1) is 14.1. The number of carbonyl (C=O) groups is 1. The van der Waals surface area contributed by atoms with Crippen molar-refractivity contribution >= 4 is 11.6 Å². The van der Waals surface area contributed by atoms with Crippen LogP contribution in [0.1, 0.15) is 25.7 Å². The van der Waals surface area contributed by atoms with E-state index in [0.29, 0.717) is 18.7 Å². The van der Waals surface area contributed by atoms with Crippen molar-refractivity contribution in [3.63, 3.8) is 0 Å². The molecular weight excluding hydrogens is 282 g/mol. The zero-order chi connectivity index (χ0) is 15.1. The Bertz CT molecular complexity index is 568. The highest BCUT2D eigenvalue weighted by Crippen LogP contribution is 2.44. The third-order valence-electron chi connectivity index (χ3n) is 4.07. The summed E-state index contributed by atoms with van der Waals surface area (Å²) in [6, 6.07) is 4.16. The van der Waals surface area contributed by atoms with Gasteiger partial charge in [-0.1, -0.05) is 6.42 Å². The minimum Gasteiger partial charge on any atom is -0.395 e. The van der Waals surface area contributed by atoms with Crippen LogP contribution >= 0.6 is 0 Å². The number of amides is 1. The summed E-state index contributed by atoms with van der Waals surface area (Å²) in [5.41, 5.74) is 6.01. The third kappa shape index (κ3) is 2.78. The van der Waals surface area contributed by atoms with Gasteiger partial charge in [0.1, 0.15) is 0 Å². The van der Waals surface area contributed by atoms with Crippen molar-refractivity contribution in [1.29, 1.82) is 0 Å². The van der Waals surface area contributed by atoms with Gasteiger partial charge in [0.25, 0.3) is 0 Å². The highest BCUT2D eigenvalue weighted by Gasteiger charge is 2.43. The summed E-state index contributed by atoms with van der Waals surface area (Å²) in [7, 11) is 0. The molecule has 0 saturated heterocycles. The van der Waals surface area contributed by atoms with E-state index in [2.05, 4.69) is 14.8 Å². The number of nitrogens with one attached hydrogen (secondary N) is 1. The average Bonchev–Trinajstić information content (AvgIpc) is 2.67. The van der Waals surface area contributed by atoms with Crippen molar-refractivity contribution in [2.45, 2.75) is 32.0 Å². The van der Waals surface area contributed by atoms with E-state index < -0.39 is 6.29 Å². The SMILES string of the molecule is NCC1(CC(=O)Nc2ccc3c(c2)OC(F)(F)O3)CCC1. The third-order valence-corrected chi connectivity index (χ3v) is 4.07. The van der Waals surface area contributed by atoms with Gasteiger partial charge in [0, 0.05) is 18.2 Å². The van der Waals surface area contributed by atoms with Crippen molar-refractivity contribution in [3.05, 3.63) is 18.2 Å². The van der Waals surface area contributed by atoms with E-state index in [1.54, 1.807) is 0 Å². The summed E-state index contributed by atoms with van der Waals surface area (Å²) in [6.45, 7) is 0.480. The second-order valence-electron chi connectivity index (χ2n) is 5.61. The second kappa shape index (κ2) is 4.84. The molecule has 0 aromatic heterocycles. The van der Waals surface area contributed by atoms with E-state index in [-0.39, 0.29) is 22.8 Å². The van der Waals surface area contributed by atoms with E-state index >= 15 is 0 Å². The number of rotatable bonds is 4. The molecular formula is C14H16F2N2O3. The number of halogens is 2. The summed E-state index contributed by atoms with van der Waals surface area (Å²) >= 11 is 0. The van der Waals surface area contributed by atoms with Gasteiger partial charge in [-0.3, -0.25) is 4.79 Å². The fraction of sp³-hybridized carbons (Fsp3) is 0.500. The maximum atomic E-state index is 12.9. The lowest BCUT2D eigenvalue weighted by Crippen LogP contribution is -2.40. The average molecular weight is 298 g/mol. The molecule has 5 nitrogen and oxygen atoms in total. The van der Waals surface area contributed by atoms with Crippen molar-refractivity contribution in [1.82, 2.24) is 0 Å². The van der Waals surface area contributed by atoms with E-state index in [4.69, 9.17) is 5.73 Å². The Balaban J connectivity index is 1.65. The van der Waals surface area contributed by atoms with Gasteiger partial charge in [-0.15, -0.1) is 8.78 Å². The summed E-state index contributed by atoms with van der Waals surface area (Å²) in [5, 5.41) is 2.68. The van der Waals surface area contributed by atoms with Crippen LogP contribution in [0.3, 0.4) is 0 Å². The molecule has 21 heavy (non-hydrogen) atoms. The lowest BCUT2D eigenvalue weighted by atomic mass is 9.66. The lowest BCUT2D eigenvalue weighted by molar-refractivity contribution is -0.286. The predicted molar refractivity (Wildman–Crippen MR) is 71.2 cm³/mol. The largest absolute Gasteiger partial charge is 0.586 e. The van der Waals surface area contributed by atoms with E-state index in [0.717, 1.165) is 19.3 Å². The Morgan fingerprint density at radius 2 is 2.00 bits per heavy atom. The van der Waals surface area contributed by atoms with Crippen LogP contribution < -0.4 is 20.5 Å². The van der Waals surface area contributed by atoms with Gasteiger partial charge in [-0.05, 0) is 36.9 Å². The number of anilines is 1. The number of benzene rings is 1. The van der Waals surface area contributed by atoms with Crippen molar-refractivity contribution < 1.29 is 23.0 Å². The van der Waals surface area contributed by atoms with E-state index in [1.165, 1.54) is 18.2 Å². The molecule has 0 spiro atoms. The molecule has 114 valence electrons. The van der Waals surface area contributed by atoms with Crippen molar-refractivity contribution in [2.24, 2.45) is 11.1 Å². The topological polar surface area (TPSA) is 73.6 Å². The monoisotopic (exact) mass is 298 g/mol. The van der Waals surface area contributed by atoms with Gasteiger partial charge in [0.15, 0.2) is 11.5 Å². The molecule has 3 rings (SSSR count). The molecule has 0 bridgehead atoms. The first-order valence-electron chi connectivity index (χ1n) is 6.81. The van der Waals surface area contributed by atoms with Gasteiger partial charge >= 0.3 is 6.29 Å². The number of carbonyl (C=O) groups excluding carboxylic acids is 1. The van der Waals surface area contributed by atoms with Crippen LogP contribution in [0, 0.1) is 5.41 Å². The van der Waals surface area contributed by atoms with Crippen molar-refractivity contribution in [2.75, 3.05) is 11.9 Å². The zero-order valence-corrected chi connectivity index (χ0v) is 11.3. The molecule has 1 aliphatic heterocycles. The molecule has 1 amide bonds. The maximum absolute atomic E-state index is 12.9. The Labute approximate surface area is 120 Å². The molecule has 3 N–H and O–H groups in total. The zero-order valence-electron chi connectivity index (χ0n) is 11.3. The molecule has 1 aromatic rings. The molecule has 0 radical (unpaired) electrons. The van der Waals surface area contributed by atoms with E-state index in [1.807, 2.05) is 0 Å². The molecule has 1 aromatic carbocycles. The van der Waals surface area contributed by atoms with Crippen LogP contribution in [0.15, 0.2) is 18.2 Å². The van der Waals surface area contributed by atoms with Gasteiger partial charge in [-0.25, -0.2) is 0 Å². The molecule has 7 heteroatoms. The first-order chi connectivity index (χ1) is 9.91. The minimum absolute atomic E-state index is 0.0459. The van der Waals surface area contributed by atoms with Crippen LogP contribution in [-0.4, -0.2) is 18.7 Å². The standard InChI is InChI=1S/C14H16F2N2O3/c15-14(16)20-10-3-2-9(6-11(10)21-14)18-12(19)7-13(8-17)4-1-5-13/h2-3,6H,1,4-5,7-8,17H2,(H,18,19). The van der Waals surface area contributed by atoms with E-state index in [9.17, 15) is 13.6 Å². The van der Waals surface area contributed by atoms with Crippen LogP contribution in [0.2, 0.25) is 0 Å². The molecule has 1 heterocycles. The number of hydrogen-bond donors (Lipinski definition) is 2. The molecule has 1 fully saturated rings. The maximum Gasteiger partial charge on any atom is 0.586 e. The predicted octanol–water partition coefficient (Wildman–Crippen LogP) is 2.47. The summed E-state index contributed by atoms with van der Waals surface area (Å²) in [6.07, 6.45) is -0.327. The van der Waals surface area contributed by atoms with Crippen LogP contribution in [0.5, 0.6) is 11.5 Å². The van der Waals surface area contributed by atoms with Gasteiger partial charge in [0.2, 0.25) is 5.91 Å². The lowest BCUT2D eigenvalue weighted by Gasteiger charge is -2.40. The highest BCUT2D eigenvalue weighted by molar-refractivity contribution is 5.91. The van der Waals surface area contributed by atoms with Crippen LogP contribution in [-0.2, 0) is 4.79 Å². The number of fused-ring (bicyclic) bond motifs is 1. The Morgan fingerprint density at radius 3 is 2.62 bits per heavy atom. The molecule has 1 saturated carbocycles. The minimum atomic E-state index is -3.65. The quantitative estimate of drug-likeness (QED) is 0.895. The summed E-state index contributed by atoms with van der Waals surface area (Å²) < 4.78 is 34.5. The Kier molecular flexibility index (Phi) is 3.24. The molecule has 2 aliphatic rings. The summed E-state index contributed by atoms with van der Waals surface area (Å²) in [5.74, 6) is -0.309. The van der Waals surface area contributed by atoms with Crippen LogP contribution in [0.4, 0.5) is 14.5 Å². The Hall–Kier alpha value is -1.89. The second-order valence-corrected chi connectivity index (χ2v) is 5.61. The number of alkyl halides is 2. The normalized spacial score (nSPS) is 20.7. The van der Waals surface area contributed by atoms with Crippen molar-refractivity contribution in [3.8, 4) is 11.5 Å². The number of nitrogens with two attached hydrogens (primary N) is 1. The summed E-state index contributed by atoms with van der Waals surface area (Å²) in [4.78, 5) is 12.0. The molecule has 0 unspecified atom stereocenters. The highest BCUT2D eigenvalue weighted by atomic mass is 19.3. The molecule has 0 atom stereocenters. The smallest absolute Gasteiger partial charge is 0.395 e. The van der Waals surface area contributed by atoms with Gasteiger partial charge < -0.3 is 20.5 Å².